The third kappa shape index (κ3) is 8.88. The minimum Gasteiger partial charge on any atom is -0.123 e. The molecule has 0 aromatic rings. The van der Waals surface area contributed by atoms with Crippen molar-refractivity contribution in [2.45, 2.75) is 6.92 Å². The van der Waals surface area contributed by atoms with Gasteiger partial charge in [-0.25, -0.2) is 0 Å². The van der Waals surface area contributed by atoms with Gasteiger partial charge in [0.05, 0.1) is 0 Å². The first-order valence-electron chi connectivity index (χ1n) is 1.32. The first-order valence-corrected chi connectivity index (χ1v) is 2.95. The Hall–Kier alpha value is 0.959. The summed E-state index contributed by atoms with van der Waals surface area (Å²) < 4.78 is 1.00. The van der Waals surface area contributed by atoms with Crippen molar-refractivity contribution in [1.82, 2.24) is 0 Å². The monoisotopic (exact) mass is 169 g/mol. The molecule has 3 heteroatoms. The Morgan fingerprint density at radius 3 is 1.83 bits per heavy atom. The van der Waals surface area contributed by atoms with Gasteiger partial charge in [-0.15, -0.1) is 11.8 Å². The van der Waals surface area contributed by atoms with E-state index in [1.165, 1.54) is 0 Å². The summed E-state index contributed by atoms with van der Waals surface area (Å²) >= 11 is 6.27. The molecule has 0 aromatic heterocycles. The zero-order valence-electron chi connectivity index (χ0n) is 3.62. The van der Waals surface area contributed by atoms with Crippen LogP contribution in [0.3, 0.4) is 0 Å². The van der Waals surface area contributed by atoms with Crippen molar-refractivity contribution in [3.63, 3.8) is 0 Å². The van der Waals surface area contributed by atoms with Gasteiger partial charge >= 0.3 is 0 Å². The van der Waals surface area contributed by atoms with Gasteiger partial charge in [-0.05, 0) is 13.2 Å². The zero-order chi connectivity index (χ0) is 4.28. The normalized spacial score (nSPS) is 6.33. The van der Waals surface area contributed by atoms with E-state index >= 15 is 0 Å². The van der Waals surface area contributed by atoms with Gasteiger partial charge in [0, 0.05) is 21.3 Å². The molecule has 0 aliphatic rings. The van der Waals surface area contributed by atoms with E-state index in [4.69, 9.17) is 0 Å². The van der Waals surface area contributed by atoms with E-state index in [0.717, 1.165) is 4.20 Å². The molecular formula is C3H6CuS2. The molecule has 6 heavy (non-hydrogen) atoms. The van der Waals surface area contributed by atoms with Gasteiger partial charge in [0.15, 0.2) is 0 Å². The molecule has 0 atom stereocenters. The molecule has 0 saturated carbocycles. The van der Waals surface area contributed by atoms with Crippen molar-refractivity contribution in [3.05, 3.63) is 0 Å². The van der Waals surface area contributed by atoms with Crippen molar-refractivity contribution in [2.24, 2.45) is 0 Å². The van der Waals surface area contributed by atoms with Crippen LogP contribution in [-0.2, 0) is 17.1 Å². The van der Waals surface area contributed by atoms with Crippen molar-refractivity contribution < 1.29 is 17.1 Å². The van der Waals surface area contributed by atoms with Crippen molar-refractivity contribution in [3.8, 4) is 0 Å². The fraction of sp³-hybridized carbons (Fsp3) is 0.667. The van der Waals surface area contributed by atoms with Gasteiger partial charge < -0.3 is 0 Å². The van der Waals surface area contributed by atoms with Gasteiger partial charge in [-0.2, -0.15) is 0 Å². The van der Waals surface area contributed by atoms with E-state index in [2.05, 4.69) is 12.2 Å². The average molecular weight is 170 g/mol. The van der Waals surface area contributed by atoms with Crippen LogP contribution in [0, 0.1) is 0 Å². The number of thioether (sulfide) groups is 1. The second-order valence-corrected chi connectivity index (χ2v) is 2.59. The van der Waals surface area contributed by atoms with E-state index in [9.17, 15) is 0 Å². The third-order valence-corrected chi connectivity index (χ3v) is 1.36. The molecule has 0 unspecified atom stereocenters. The van der Waals surface area contributed by atoms with Crippen LogP contribution in [0.2, 0.25) is 0 Å². The first-order chi connectivity index (χ1) is 2.27. The Morgan fingerprint density at radius 2 is 1.83 bits per heavy atom. The molecule has 0 nitrogen and oxygen atoms in total. The van der Waals surface area contributed by atoms with Gasteiger partial charge in [0.2, 0.25) is 0 Å². The predicted octanol–water partition coefficient (Wildman–Crippen LogP) is 1.69. The van der Waals surface area contributed by atoms with Crippen molar-refractivity contribution in [2.75, 3.05) is 6.26 Å². The maximum atomic E-state index is 4.66. The second kappa shape index (κ2) is 5.96. The van der Waals surface area contributed by atoms with E-state index in [0.29, 0.717) is 0 Å². The van der Waals surface area contributed by atoms with Gasteiger partial charge in [0.25, 0.3) is 0 Å². The van der Waals surface area contributed by atoms with E-state index in [-0.39, 0.29) is 17.1 Å². The number of hydrogen-bond donors (Lipinski definition) is 0. The molecular weight excluding hydrogens is 164 g/mol. The maximum Gasteiger partial charge on any atom is 0.0444 e. The minimum atomic E-state index is 0. The van der Waals surface area contributed by atoms with Crippen LogP contribution in [0.5, 0.6) is 0 Å². The Kier molecular flexibility index (Phi) is 9.98. The van der Waals surface area contributed by atoms with Crippen molar-refractivity contribution in [1.29, 1.82) is 0 Å². The van der Waals surface area contributed by atoms with Crippen LogP contribution in [0.1, 0.15) is 6.92 Å². The topological polar surface area (TPSA) is 0 Å². The number of thiocarbonyl (C=S) groups is 1. The van der Waals surface area contributed by atoms with Crippen LogP contribution >= 0.6 is 24.0 Å². The minimum absolute atomic E-state index is 0. The summed E-state index contributed by atoms with van der Waals surface area (Å²) in [6.07, 6.45) is 1.97. The van der Waals surface area contributed by atoms with E-state index in [1.807, 2.05) is 13.2 Å². The summed E-state index contributed by atoms with van der Waals surface area (Å²) in [5, 5.41) is 0. The summed E-state index contributed by atoms with van der Waals surface area (Å²) in [6, 6.07) is 0. The van der Waals surface area contributed by atoms with Gasteiger partial charge in [-0.3, -0.25) is 0 Å². The number of hydrogen-bond acceptors (Lipinski definition) is 2. The summed E-state index contributed by atoms with van der Waals surface area (Å²) in [7, 11) is 0. The Bertz CT molecular complexity index is 44.1. The van der Waals surface area contributed by atoms with Crippen molar-refractivity contribution >= 4 is 28.2 Å². The SMILES string of the molecule is CSC(C)=S.[Cu]. The second-order valence-electron chi connectivity index (χ2n) is 0.696. The molecule has 0 aromatic carbocycles. The predicted molar refractivity (Wildman–Crippen MR) is 31.8 cm³/mol. The average Bonchev–Trinajstić information content (AvgIpc) is 1.38. The molecule has 1 radical (unpaired) electrons. The Labute approximate surface area is 58.5 Å². The quantitative estimate of drug-likeness (QED) is 0.400. The molecule has 0 saturated heterocycles. The van der Waals surface area contributed by atoms with Gasteiger partial charge in [0.1, 0.15) is 0 Å². The molecule has 41 valence electrons. The van der Waals surface area contributed by atoms with Crippen LogP contribution in [0.4, 0.5) is 0 Å². The Balaban J connectivity index is 0. The largest absolute Gasteiger partial charge is 0.123 e. The maximum absolute atomic E-state index is 4.66. The molecule has 0 aliphatic carbocycles. The summed E-state index contributed by atoms with van der Waals surface area (Å²) in [5.41, 5.74) is 0. The molecule has 0 fully saturated rings. The molecule has 0 aliphatic heterocycles. The van der Waals surface area contributed by atoms with Gasteiger partial charge in [-0.1, -0.05) is 12.2 Å². The Morgan fingerprint density at radius 1 is 1.67 bits per heavy atom. The molecule has 0 rings (SSSR count). The van der Waals surface area contributed by atoms with Crippen LogP contribution in [-0.4, -0.2) is 10.5 Å². The smallest absolute Gasteiger partial charge is 0.0444 e. The summed E-state index contributed by atoms with van der Waals surface area (Å²) in [4.78, 5) is 0. The zero-order valence-corrected chi connectivity index (χ0v) is 6.19. The van der Waals surface area contributed by atoms with Crippen LogP contribution < -0.4 is 0 Å². The fourth-order valence-electron chi connectivity index (χ4n) is 0. The van der Waals surface area contributed by atoms with E-state index in [1.54, 1.807) is 11.8 Å². The third-order valence-electron chi connectivity index (χ3n) is 0.287. The molecule has 0 bridgehead atoms. The molecule has 0 heterocycles. The summed E-state index contributed by atoms with van der Waals surface area (Å²) in [5.74, 6) is 0. The van der Waals surface area contributed by atoms with Crippen LogP contribution in [0.15, 0.2) is 0 Å². The molecule has 0 amide bonds. The molecule has 0 spiro atoms. The van der Waals surface area contributed by atoms with Crippen LogP contribution in [0.25, 0.3) is 0 Å². The molecule has 0 N–H and O–H groups in total. The summed E-state index contributed by atoms with van der Waals surface area (Å²) in [6.45, 7) is 1.92. The van der Waals surface area contributed by atoms with E-state index < -0.39 is 0 Å². The fourth-order valence-corrected chi connectivity index (χ4v) is 0. The number of rotatable bonds is 0. The first kappa shape index (κ1) is 10.0. The standard InChI is InChI=1S/C3H6S2.Cu/c1-3(4)5-2;/h1-2H3;.